The van der Waals surface area contributed by atoms with Crippen molar-refractivity contribution in [2.75, 3.05) is 18.1 Å². The number of aryl methyl sites for hydroxylation is 2. The maximum atomic E-state index is 14.3. The zero-order valence-electron chi connectivity index (χ0n) is 21.2. The fraction of sp³-hybridized carbons (Fsp3) is 0.333. The lowest BCUT2D eigenvalue weighted by Gasteiger charge is -2.33. The monoisotopic (exact) mass is 500 g/mol. The summed E-state index contributed by atoms with van der Waals surface area (Å²) >= 11 is 0. The number of rotatable bonds is 6. The number of fused-ring (bicyclic) bond motifs is 1. The lowest BCUT2D eigenvalue weighted by Crippen LogP contribution is -2.46. The molecular formula is C30H32N2O5. The van der Waals surface area contributed by atoms with E-state index in [1.165, 1.54) is 0 Å². The molecule has 7 heteroatoms. The predicted molar refractivity (Wildman–Crippen MR) is 141 cm³/mol. The first kappa shape index (κ1) is 24.7. The molecule has 0 aromatic heterocycles. The Bertz CT molecular complexity index is 1300. The molecule has 1 aliphatic carbocycles. The average molecular weight is 501 g/mol. The number of aromatic hydroxyl groups is 1. The van der Waals surface area contributed by atoms with E-state index in [2.05, 4.69) is 5.32 Å². The molecule has 1 atom stereocenters. The highest BCUT2D eigenvalue weighted by atomic mass is 16.6. The van der Waals surface area contributed by atoms with Crippen LogP contribution < -0.4 is 19.7 Å². The summed E-state index contributed by atoms with van der Waals surface area (Å²) in [4.78, 5) is 29.8. The molecule has 0 radical (unpaired) electrons. The molecule has 0 unspecified atom stereocenters. The highest BCUT2D eigenvalue weighted by molar-refractivity contribution is 6.10. The van der Waals surface area contributed by atoms with Gasteiger partial charge in [0.15, 0.2) is 11.5 Å². The van der Waals surface area contributed by atoms with Gasteiger partial charge in [-0.3, -0.25) is 14.5 Å². The van der Waals surface area contributed by atoms with Crippen LogP contribution >= 0.6 is 0 Å². The van der Waals surface area contributed by atoms with E-state index in [9.17, 15) is 14.7 Å². The molecule has 1 fully saturated rings. The van der Waals surface area contributed by atoms with Gasteiger partial charge >= 0.3 is 0 Å². The third kappa shape index (κ3) is 5.26. The fourth-order valence-corrected chi connectivity index (χ4v) is 5.18. The van der Waals surface area contributed by atoms with Crippen LogP contribution in [0.15, 0.2) is 60.7 Å². The molecule has 2 N–H and O–H groups in total. The molecule has 7 nitrogen and oxygen atoms in total. The van der Waals surface area contributed by atoms with Crippen molar-refractivity contribution in [3.8, 4) is 17.2 Å². The van der Waals surface area contributed by atoms with Crippen molar-refractivity contribution in [1.29, 1.82) is 0 Å². The van der Waals surface area contributed by atoms with Crippen LogP contribution in [0, 0.1) is 13.8 Å². The number of ether oxygens (including phenoxy) is 2. The molecule has 37 heavy (non-hydrogen) atoms. The van der Waals surface area contributed by atoms with Crippen LogP contribution in [-0.4, -0.2) is 36.2 Å². The summed E-state index contributed by atoms with van der Waals surface area (Å²) in [5.74, 6) is 0.617. The van der Waals surface area contributed by atoms with Crippen molar-refractivity contribution in [3.63, 3.8) is 0 Å². The van der Waals surface area contributed by atoms with Gasteiger partial charge in [-0.15, -0.1) is 0 Å². The Kier molecular flexibility index (Phi) is 7.04. The van der Waals surface area contributed by atoms with Gasteiger partial charge in [0.05, 0.1) is 0 Å². The van der Waals surface area contributed by atoms with Gasteiger partial charge in [0.25, 0.3) is 5.91 Å². The summed E-state index contributed by atoms with van der Waals surface area (Å²) < 4.78 is 11.4. The van der Waals surface area contributed by atoms with Crippen LogP contribution in [0.2, 0.25) is 0 Å². The van der Waals surface area contributed by atoms with Crippen LogP contribution in [-0.2, 0) is 4.79 Å². The Morgan fingerprint density at radius 2 is 1.62 bits per heavy atom. The fourth-order valence-electron chi connectivity index (χ4n) is 5.18. The molecule has 5 rings (SSSR count). The molecule has 192 valence electrons. The van der Waals surface area contributed by atoms with Gasteiger partial charge in [0.2, 0.25) is 5.91 Å². The number of benzene rings is 3. The van der Waals surface area contributed by atoms with Crippen molar-refractivity contribution in [3.05, 3.63) is 82.9 Å². The minimum absolute atomic E-state index is 0.0810. The quantitative estimate of drug-likeness (QED) is 0.484. The van der Waals surface area contributed by atoms with E-state index >= 15 is 0 Å². The van der Waals surface area contributed by atoms with Crippen LogP contribution in [0.3, 0.4) is 0 Å². The molecule has 2 amide bonds. The van der Waals surface area contributed by atoms with Crippen LogP contribution in [0.1, 0.15) is 58.8 Å². The Labute approximate surface area is 217 Å². The van der Waals surface area contributed by atoms with Crippen molar-refractivity contribution in [2.45, 2.75) is 51.6 Å². The normalized spacial score (nSPS) is 15.7. The number of nitrogens with zero attached hydrogens (tertiary/aromatic N) is 1. The number of anilines is 1. The topological polar surface area (TPSA) is 88.1 Å². The first-order valence-corrected chi connectivity index (χ1v) is 12.8. The first-order valence-electron chi connectivity index (χ1n) is 12.8. The molecule has 3 aromatic rings. The summed E-state index contributed by atoms with van der Waals surface area (Å²) in [7, 11) is 0. The Morgan fingerprint density at radius 3 is 2.32 bits per heavy atom. The van der Waals surface area contributed by atoms with Gasteiger partial charge in [-0.05, 0) is 74.2 Å². The number of hydrogen-bond donors (Lipinski definition) is 2. The number of nitrogens with one attached hydrogen (secondary N) is 1. The van der Waals surface area contributed by atoms with E-state index in [1.807, 2.05) is 32.0 Å². The highest BCUT2D eigenvalue weighted by Gasteiger charge is 2.36. The molecule has 2 aliphatic rings. The van der Waals surface area contributed by atoms with Gasteiger partial charge in [-0.1, -0.05) is 42.7 Å². The zero-order chi connectivity index (χ0) is 25.9. The second kappa shape index (κ2) is 10.5. The lowest BCUT2D eigenvalue weighted by atomic mass is 9.99. The van der Waals surface area contributed by atoms with E-state index in [0.717, 1.165) is 36.8 Å². The maximum Gasteiger partial charge on any atom is 0.259 e. The summed E-state index contributed by atoms with van der Waals surface area (Å²) in [5.41, 5.74) is 3.58. The number of hydrogen-bond acceptors (Lipinski definition) is 5. The second-order valence-corrected chi connectivity index (χ2v) is 9.81. The van der Waals surface area contributed by atoms with E-state index in [-0.39, 0.29) is 23.6 Å². The van der Waals surface area contributed by atoms with Crippen molar-refractivity contribution < 1.29 is 24.2 Å². The van der Waals surface area contributed by atoms with E-state index in [4.69, 9.17) is 9.47 Å². The van der Waals surface area contributed by atoms with E-state index < -0.39 is 6.04 Å². The van der Waals surface area contributed by atoms with Crippen LogP contribution in [0.25, 0.3) is 0 Å². The Balaban J connectivity index is 1.62. The highest BCUT2D eigenvalue weighted by Crippen LogP contribution is 2.36. The third-order valence-electron chi connectivity index (χ3n) is 7.04. The van der Waals surface area contributed by atoms with Crippen molar-refractivity contribution in [1.82, 2.24) is 5.32 Å². The number of carbonyl (C=O) groups is 2. The summed E-state index contributed by atoms with van der Waals surface area (Å²) in [6.45, 7) is 4.80. The summed E-state index contributed by atoms with van der Waals surface area (Å²) in [5, 5.41) is 13.1. The number of phenols is 1. The standard InChI is InChI=1S/C30H32N2O5/c1-19-7-13-25(20(2)17-19)32(30(35)22-10-14-26-27(18-22)37-16-15-36-26)28(21-8-11-24(33)12-9-21)29(34)31-23-5-3-4-6-23/h7-14,17-18,23,28,33H,3-6,15-16H2,1-2H3,(H,31,34)/t28-/m1/s1. The smallest absolute Gasteiger partial charge is 0.259 e. The largest absolute Gasteiger partial charge is 0.508 e. The van der Waals surface area contributed by atoms with Gasteiger partial charge in [-0.25, -0.2) is 0 Å². The molecule has 0 bridgehead atoms. The molecule has 3 aromatic carbocycles. The third-order valence-corrected chi connectivity index (χ3v) is 7.04. The molecule has 0 spiro atoms. The predicted octanol–water partition coefficient (Wildman–Crippen LogP) is 5.23. The molecule has 0 saturated heterocycles. The van der Waals surface area contributed by atoms with E-state index in [1.54, 1.807) is 47.4 Å². The minimum atomic E-state index is -0.941. The van der Waals surface area contributed by atoms with Crippen molar-refractivity contribution in [2.24, 2.45) is 0 Å². The maximum absolute atomic E-state index is 14.3. The van der Waals surface area contributed by atoms with Crippen LogP contribution in [0.4, 0.5) is 5.69 Å². The van der Waals surface area contributed by atoms with E-state index in [0.29, 0.717) is 41.5 Å². The first-order chi connectivity index (χ1) is 17.9. The summed E-state index contributed by atoms with van der Waals surface area (Å²) in [6.07, 6.45) is 4.00. The molecule has 1 saturated carbocycles. The zero-order valence-corrected chi connectivity index (χ0v) is 21.2. The minimum Gasteiger partial charge on any atom is -0.508 e. The molecule has 1 aliphatic heterocycles. The van der Waals surface area contributed by atoms with Gasteiger partial charge < -0.3 is 19.9 Å². The lowest BCUT2D eigenvalue weighted by molar-refractivity contribution is -0.123. The summed E-state index contributed by atoms with van der Waals surface area (Å²) in [6, 6.07) is 16.6. The Hall–Kier alpha value is -4.00. The molecule has 1 heterocycles. The van der Waals surface area contributed by atoms with Gasteiger partial charge in [0.1, 0.15) is 25.0 Å². The number of phenolic OH excluding ortho intramolecular Hbond substituents is 1. The van der Waals surface area contributed by atoms with Gasteiger partial charge in [0, 0.05) is 17.3 Å². The van der Waals surface area contributed by atoms with Gasteiger partial charge in [-0.2, -0.15) is 0 Å². The Morgan fingerprint density at radius 1 is 0.919 bits per heavy atom. The van der Waals surface area contributed by atoms with Crippen molar-refractivity contribution >= 4 is 17.5 Å². The second-order valence-electron chi connectivity index (χ2n) is 9.81. The number of amides is 2. The number of carbonyl (C=O) groups excluding carboxylic acids is 2. The van der Waals surface area contributed by atoms with Crippen LogP contribution in [0.5, 0.6) is 17.2 Å². The molecular weight excluding hydrogens is 468 g/mol. The average Bonchev–Trinajstić information content (AvgIpc) is 3.41. The SMILES string of the molecule is Cc1ccc(N(C(=O)c2ccc3c(c2)OCCO3)[C@@H](C(=O)NC2CCCC2)c2ccc(O)cc2)c(C)c1.